The molecule has 0 aliphatic heterocycles. The quantitative estimate of drug-likeness (QED) is 0.523. The molecule has 1 amide bonds. The topological polar surface area (TPSA) is 64.2 Å². The van der Waals surface area contributed by atoms with E-state index in [-0.39, 0.29) is 5.91 Å². The Kier molecular flexibility index (Phi) is 4.71. The van der Waals surface area contributed by atoms with Crippen molar-refractivity contribution in [3.63, 3.8) is 0 Å². The lowest BCUT2D eigenvalue weighted by Gasteiger charge is -2.05. The van der Waals surface area contributed by atoms with Crippen molar-refractivity contribution >= 4 is 34.9 Å². The fraction of sp³-hybridized carbons (Fsp3) is 0.0952. The molecule has 4 rings (SSSR count). The highest BCUT2D eigenvalue weighted by Gasteiger charge is 2.14. The van der Waals surface area contributed by atoms with Crippen molar-refractivity contribution in [2.45, 2.75) is 13.8 Å². The molecule has 0 saturated carbocycles. The fourth-order valence-electron chi connectivity index (χ4n) is 3.10. The van der Waals surface area contributed by atoms with E-state index in [1.807, 2.05) is 77.7 Å². The summed E-state index contributed by atoms with van der Waals surface area (Å²) in [4.78, 5) is 16.8. The summed E-state index contributed by atoms with van der Waals surface area (Å²) >= 11 is 6.20. The van der Waals surface area contributed by atoms with E-state index in [0.717, 1.165) is 22.7 Å². The molecule has 3 heterocycles. The van der Waals surface area contributed by atoms with Crippen LogP contribution in [-0.2, 0) is 4.79 Å². The first-order valence-corrected chi connectivity index (χ1v) is 9.15. The maximum Gasteiger partial charge on any atom is 0.248 e. The number of nitrogens with zero attached hydrogens (tertiary/aromatic N) is 4. The minimum atomic E-state index is -0.263. The van der Waals surface area contributed by atoms with E-state index >= 15 is 0 Å². The monoisotopic (exact) mass is 391 g/mol. The molecule has 0 radical (unpaired) electrons. The van der Waals surface area contributed by atoms with E-state index in [1.54, 1.807) is 6.08 Å². The second kappa shape index (κ2) is 7.32. The fourth-order valence-corrected chi connectivity index (χ4v) is 3.34. The Bertz CT molecular complexity index is 1190. The Hall–Kier alpha value is -3.38. The van der Waals surface area contributed by atoms with E-state index in [0.29, 0.717) is 16.5 Å². The van der Waals surface area contributed by atoms with Crippen LogP contribution in [0, 0.1) is 13.8 Å². The van der Waals surface area contributed by atoms with Crippen LogP contribution >= 0.6 is 11.6 Å². The number of fused-ring (bicyclic) bond motifs is 1. The molecule has 0 bridgehead atoms. The van der Waals surface area contributed by atoms with Crippen LogP contribution in [0.1, 0.15) is 17.1 Å². The van der Waals surface area contributed by atoms with Gasteiger partial charge < -0.3 is 5.32 Å². The number of aromatic nitrogens is 4. The number of hydrogen-bond acceptors (Lipinski definition) is 3. The van der Waals surface area contributed by atoms with Gasteiger partial charge in [0.25, 0.3) is 0 Å². The molecule has 4 aromatic rings. The molecule has 0 spiro atoms. The Morgan fingerprint density at radius 2 is 1.86 bits per heavy atom. The van der Waals surface area contributed by atoms with Gasteiger partial charge in [-0.1, -0.05) is 35.9 Å². The summed E-state index contributed by atoms with van der Waals surface area (Å²) in [6, 6.07) is 15.4. The lowest BCUT2D eigenvalue weighted by molar-refractivity contribution is -0.111. The smallest absolute Gasteiger partial charge is 0.248 e. The van der Waals surface area contributed by atoms with Crippen molar-refractivity contribution in [3.05, 3.63) is 83.0 Å². The Morgan fingerprint density at radius 3 is 2.64 bits per heavy atom. The van der Waals surface area contributed by atoms with Crippen LogP contribution in [0.5, 0.6) is 0 Å². The molecule has 1 aromatic carbocycles. The summed E-state index contributed by atoms with van der Waals surface area (Å²) in [5.74, 6) is -0.263. The third-order valence-corrected chi connectivity index (χ3v) is 4.73. The van der Waals surface area contributed by atoms with Gasteiger partial charge in [-0.3, -0.25) is 9.20 Å². The molecule has 0 saturated heterocycles. The number of anilines is 1. The van der Waals surface area contributed by atoms with Crippen LogP contribution in [0.4, 0.5) is 5.69 Å². The van der Waals surface area contributed by atoms with Crippen molar-refractivity contribution < 1.29 is 4.79 Å². The molecule has 0 unspecified atom stereocenters. The molecule has 3 aromatic heterocycles. The number of hydrogen-bond donors (Lipinski definition) is 1. The second-order valence-electron chi connectivity index (χ2n) is 6.33. The van der Waals surface area contributed by atoms with Gasteiger partial charge in [-0.25, -0.2) is 9.67 Å². The summed E-state index contributed by atoms with van der Waals surface area (Å²) < 4.78 is 3.64. The molecule has 28 heavy (non-hydrogen) atoms. The molecular formula is C21H18ClN5O. The van der Waals surface area contributed by atoms with Gasteiger partial charge in [0.05, 0.1) is 28.5 Å². The largest absolute Gasteiger partial charge is 0.319 e. The average Bonchev–Trinajstić information content (AvgIpc) is 3.17. The van der Waals surface area contributed by atoms with Crippen LogP contribution in [0.3, 0.4) is 0 Å². The highest BCUT2D eigenvalue weighted by atomic mass is 35.5. The number of nitrogens with one attached hydrogen (secondary N) is 1. The van der Waals surface area contributed by atoms with E-state index in [2.05, 4.69) is 15.4 Å². The van der Waals surface area contributed by atoms with Gasteiger partial charge >= 0.3 is 0 Å². The average molecular weight is 392 g/mol. The summed E-state index contributed by atoms with van der Waals surface area (Å²) in [5.41, 5.74) is 4.62. The zero-order valence-electron chi connectivity index (χ0n) is 15.4. The maximum atomic E-state index is 12.5. The first kappa shape index (κ1) is 18.0. The Morgan fingerprint density at radius 1 is 1.11 bits per heavy atom. The van der Waals surface area contributed by atoms with Gasteiger partial charge in [0, 0.05) is 12.3 Å². The van der Waals surface area contributed by atoms with E-state index in [9.17, 15) is 4.79 Å². The van der Waals surface area contributed by atoms with Crippen molar-refractivity contribution in [1.29, 1.82) is 0 Å². The summed E-state index contributed by atoms with van der Waals surface area (Å²) in [6.07, 6.45) is 4.95. The summed E-state index contributed by atoms with van der Waals surface area (Å²) in [7, 11) is 0. The molecule has 1 N–H and O–H groups in total. The van der Waals surface area contributed by atoms with Gasteiger partial charge in [-0.2, -0.15) is 5.10 Å². The number of pyridine rings is 1. The van der Waals surface area contributed by atoms with Gasteiger partial charge in [-0.15, -0.1) is 0 Å². The molecule has 0 atom stereocenters. The number of carbonyl (C=O) groups excluding carboxylic acids is 1. The SMILES string of the molecule is Cc1nn(-c2ccccc2)c(C)c1NC(=O)/C=C/c1c(Cl)nc2ccccn12. The number of rotatable bonds is 4. The number of amides is 1. The zero-order chi connectivity index (χ0) is 19.7. The van der Waals surface area contributed by atoms with Crippen molar-refractivity contribution in [2.24, 2.45) is 0 Å². The first-order chi connectivity index (χ1) is 13.5. The maximum absolute atomic E-state index is 12.5. The Balaban J connectivity index is 1.58. The van der Waals surface area contributed by atoms with Crippen LogP contribution in [-0.4, -0.2) is 25.1 Å². The van der Waals surface area contributed by atoms with Crippen LogP contribution in [0.25, 0.3) is 17.4 Å². The third kappa shape index (κ3) is 3.30. The lowest BCUT2D eigenvalue weighted by atomic mass is 10.3. The van der Waals surface area contributed by atoms with Gasteiger partial charge in [0.1, 0.15) is 5.65 Å². The number of para-hydroxylation sites is 1. The molecule has 7 heteroatoms. The first-order valence-electron chi connectivity index (χ1n) is 8.78. The summed E-state index contributed by atoms with van der Waals surface area (Å²) in [6.45, 7) is 3.79. The molecule has 0 aliphatic carbocycles. The zero-order valence-corrected chi connectivity index (χ0v) is 16.2. The van der Waals surface area contributed by atoms with E-state index in [4.69, 9.17) is 11.6 Å². The van der Waals surface area contributed by atoms with E-state index < -0.39 is 0 Å². The minimum absolute atomic E-state index is 0.263. The van der Waals surface area contributed by atoms with Gasteiger partial charge in [-0.05, 0) is 44.2 Å². The van der Waals surface area contributed by atoms with Crippen molar-refractivity contribution in [2.75, 3.05) is 5.32 Å². The Labute approximate surface area is 167 Å². The van der Waals surface area contributed by atoms with Crippen molar-refractivity contribution in [1.82, 2.24) is 19.2 Å². The standard InChI is InChI=1S/C21H18ClN5O/c1-14-20(15(2)27(25-14)16-8-4-3-5-9-16)24-19(28)12-11-17-21(22)23-18-10-6-7-13-26(17)18/h3-13H,1-2H3,(H,24,28)/b12-11+. The number of carbonyl (C=O) groups is 1. The molecule has 0 aliphatic rings. The number of aryl methyl sites for hydroxylation is 1. The third-order valence-electron chi connectivity index (χ3n) is 4.45. The number of benzene rings is 1. The predicted molar refractivity (Wildman–Crippen MR) is 111 cm³/mol. The number of halogens is 1. The molecule has 140 valence electrons. The van der Waals surface area contributed by atoms with Crippen LogP contribution < -0.4 is 5.32 Å². The predicted octanol–water partition coefficient (Wildman–Crippen LogP) is 4.44. The molecule has 6 nitrogen and oxygen atoms in total. The minimum Gasteiger partial charge on any atom is -0.319 e. The van der Waals surface area contributed by atoms with Crippen LogP contribution in [0.2, 0.25) is 5.15 Å². The van der Waals surface area contributed by atoms with Gasteiger partial charge in [0.2, 0.25) is 5.91 Å². The lowest BCUT2D eigenvalue weighted by Crippen LogP contribution is -2.09. The highest BCUT2D eigenvalue weighted by molar-refractivity contribution is 6.31. The second-order valence-corrected chi connectivity index (χ2v) is 6.69. The highest BCUT2D eigenvalue weighted by Crippen LogP contribution is 2.23. The van der Waals surface area contributed by atoms with Crippen molar-refractivity contribution in [3.8, 4) is 5.69 Å². The van der Waals surface area contributed by atoms with E-state index in [1.165, 1.54) is 6.08 Å². The van der Waals surface area contributed by atoms with Gasteiger partial charge in [0.15, 0.2) is 5.15 Å². The summed E-state index contributed by atoms with van der Waals surface area (Å²) in [5, 5.41) is 7.80. The normalized spacial score (nSPS) is 11.4. The molecule has 0 fully saturated rings. The molecular weight excluding hydrogens is 374 g/mol. The number of imidazole rings is 1. The van der Waals surface area contributed by atoms with Crippen LogP contribution in [0.15, 0.2) is 60.8 Å².